The van der Waals surface area contributed by atoms with Gasteiger partial charge in [0.25, 0.3) is 5.91 Å². The van der Waals surface area contributed by atoms with Crippen LogP contribution >= 0.6 is 11.6 Å². The highest BCUT2D eigenvalue weighted by atomic mass is 35.5. The second-order valence-electron chi connectivity index (χ2n) is 5.20. The highest BCUT2D eigenvalue weighted by Crippen LogP contribution is 2.31. The predicted octanol–water partition coefficient (Wildman–Crippen LogP) is 1.46. The molecule has 0 spiro atoms. The fourth-order valence-corrected chi connectivity index (χ4v) is 2.89. The highest BCUT2D eigenvalue weighted by molar-refractivity contribution is 6.30. The minimum absolute atomic E-state index is 0.0840. The van der Waals surface area contributed by atoms with E-state index in [1.165, 1.54) is 0 Å². The molecule has 2 heterocycles. The maximum absolute atomic E-state index is 12.4. The standard InChI is InChI=1S/C14H17ClN2O2/c1-9-8-17(5-4-16-9)14(18)13-7-10-6-11(15)2-3-12(10)19-13/h2-3,6,9,13,16H,4-5,7-8H2,1H3. The van der Waals surface area contributed by atoms with E-state index in [9.17, 15) is 4.79 Å². The predicted molar refractivity (Wildman–Crippen MR) is 73.6 cm³/mol. The Morgan fingerprint density at radius 1 is 1.53 bits per heavy atom. The number of ether oxygens (including phenoxy) is 1. The Labute approximate surface area is 117 Å². The molecule has 19 heavy (non-hydrogen) atoms. The van der Waals surface area contributed by atoms with Crippen LogP contribution in [0, 0.1) is 0 Å². The maximum Gasteiger partial charge on any atom is 0.264 e. The summed E-state index contributed by atoms with van der Waals surface area (Å²) in [6.07, 6.45) is 0.228. The largest absolute Gasteiger partial charge is 0.480 e. The van der Waals surface area contributed by atoms with Crippen molar-refractivity contribution in [3.8, 4) is 5.75 Å². The third kappa shape index (κ3) is 2.55. The van der Waals surface area contributed by atoms with Crippen LogP contribution in [-0.4, -0.2) is 42.6 Å². The quantitative estimate of drug-likeness (QED) is 0.847. The van der Waals surface area contributed by atoms with Gasteiger partial charge in [0.05, 0.1) is 0 Å². The molecule has 1 saturated heterocycles. The van der Waals surface area contributed by atoms with Gasteiger partial charge in [-0.25, -0.2) is 0 Å². The Balaban J connectivity index is 1.70. The highest BCUT2D eigenvalue weighted by Gasteiger charge is 2.33. The molecule has 102 valence electrons. The summed E-state index contributed by atoms with van der Waals surface area (Å²) >= 11 is 5.96. The number of halogens is 1. The molecular weight excluding hydrogens is 264 g/mol. The number of piperazine rings is 1. The van der Waals surface area contributed by atoms with Gasteiger partial charge in [-0.05, 0) is 30.7 Å². The number of hydrogen-bond acceptors (Lipinski definition) is 3. The second-order valence-corrected chi connectivity index (χ2v) is 5.64. The summed E-state index contributed by atoms with van der Waals surface area (Å²) < 4.78 is 5.74. The topological polar surface area (TPSA) is 41.6 Å². The van der Waals surface area contributed by atoms with E-state index in [1.807, 2.05) is 17.0 Å². The van der Waals surface area contributed by atoms with Crippen LogP contribution in [0.2, 0.25) is 5.02 Å². The SMILES string of the molecule is CC1CN(C(=O)C2Cc3cc(Cl)ccc3O2)CCN1. The number of amides is 1. The second kappa shape index (κ2) is 5.02. The Morgan fingerprint density at radius 3 is 3.16 bits per heavy atom. The number of rotatable bonds is 1. The first-order chi connectivity index (χ1) is 9.13. The molecule has 0 saturated carbocycles. The smallest absolute Gasteiger partial charge is 0.264 e. The lowest BCUT2D eigenvalue weighted by atomic mass is 10.1. The summed E-state index contributed by atoms with van der Waals surface area (Å²) in [4.78, 5) is 14.3. The van der Waals surface area contributed by atoms with Gasteiger partial charge in [-0.2, -0.15) is 0 Å². The van der Waals surface area contributed by atoms with Crippen molar-refractivity contribution in [1.29, 1.82) is 0 Å². The molecular formula is C14H17ClN2O2. The minimum atomic E-state index is -0.390. The molecule has 3 rings (SSSR count). The molecule has 2 unspecified atom stereocenters. The summed E-state index contributed by atoms with van der Waals surface area (Å²) in [6, 6.07) is 5.85. The van der Waals surface area contributed by atoms with Crippen LogP contribution in [0.5, 0.6) is 5.75 Å². The number of carbonyl (C=O) groups excluding carboxylic acids is 1. The Hall–Kier alpha value is -1.26. The van der Waals surface area contributed by atoms with E-state index in [-0.39, 0.29) is 5.91 Å². The van der Waals surface area contributed by atoms with E-state index in [2.05, 4.69) is 12.2 Å². The molecule has 0 aromatic heterocycles. The zero-order chi connectivity index (χ0) is 13.4. The number of fused-ring (bicyclic) bond motifs is 1. The van der Waals surface area contributed by atoms with Gasteiger partial charge in [-0.3, -0.25) is 4.79 Å². The fraction of sp³-hybridized carbons (Fsp3) is 0.500. The van der Waals surface area contributed by atoms with Crippen molar-refractivity contribution in [3.05, 3.63) is 28.8 Å². The minimum Gasteiger partial charge on any atom is -0.480 e. The number of hydrogen-bond donors (Lipinski definition) is 1. The van der Waals surface area contributed by atoms with Crippen LogP contribution in [0.25, 0.3) is 0 Å². The average molecular weight is 281 g/mol. The van der Waals surface area contributed by atoms with Crippen LogP contribution in [0.3, 0.4) is 0 Å². The van der Waals surface area contributed by atoms with Gasteiger partial charge in [0.2, 0.25) is 0 Å². The molecule has 0 bridgehead atoms. The van der Waals surface area contributed by atoms with Gasteiger partial charge in [-0.15, -0.1) is 0 Å². The Kier molecular flexibility index (Phi) is 3.37. The lowest BCUT2D eigenvalue weighted by Gasteiger charge is -2.33. The monoisotopic (exact) mass is 280 g/mol. The molecule has 1 aromatic rings. The van der Waals surface area contributed by atoms with E-state index in [0.29, 0.717) is 17.5 Å². The normalized spacial score (nSPS) is 25.9. The first-order valence-corrected chi connectivity index (χ1v) is 6.98. The van der Waals surface area contributed by atoms with E-state index < -0.39 is 6.10 Å². The zero-order valence-electron chi connectivity index (χ0n) is 10.9. The zero-order valence-corrected chi connectivity index (χ0v) is 11.6. The van der Waals surface area contributed by atoms with E-state index >= 15 is 0 Å². The molecule has 2 aliphatic rings. The molecule has 2 atom stereocenters. The van der Waals surface area contributed by atoms with E-state index in [1.54, 1.807) is 6.07 Å². The molecule has 0 aliphatic carbocycles. The van der Waals surface area contributed by atoms with Crippen LogP contribution in [-0.2, 0) is 11.2 Å². The molecule has 2 aliphatic heterocycles. The van der Waals surface area contributed by atoms with Crippen molar-refractivity contribution in [2.24, 2.45) is 0 Å². The van der Waals surface area contributed by atoms with Crippen molar-refractivity contribution in [3.63, 3.8) is 0 Å². The lowest BCUT2D eigenvalue weighted by Crippen LogP contribution is -2.54. The summed E-state index contributed by atoms with van der Waals surface area (Å²) in [7, 11) is 0. The molecule has 0 radical (unpaired) electrons. The van der Waals surface area contributed by atoms with Gasteiger partial charge in [0, 0.05) is 37.1 Å². The van der Waals surface area contributed by atoms with Gasteiger partial charge in [0.1, 0.15) is 5.75 Å². The fourth-order valence-electron chi connectivity index (χ4n) is 2.69. The Bertz CT molecular complexity index is 506. The molecule has 5 heteroatoms. The van der Waals surface area contributed by atoms with Crippen molar-refractivity contribution in [1.82, 2.24) is 10.2 Å². The molecule has 1 amide bonds. The van der Waals surface area contributed by atoms with Crippen LogP contribution < -0.4 is 10.1 Å². The number of nitrogens with one attached hydrogen (secondary N) is 1. The summed E-state index contributed by atoms with van der Waals surface area (Å²) in [5, 5.41) is 4.02. The maximum atomic E-state index is 12.4. The van der Waals surface area contributed by atoms with Crippen LogP contribution in [0.15, 0.2) is 18.2 Å². The first kappa shape index (κ1) is 12.8. The molecule has 1 N–H and O–H groups in total. The van der Waals surface area contributed by atoms with Gasteiger partial charge >= 0.3 is 0 Å². The molecule has 1 fully saturated rings. The molecule has 1 aromatic carbocycles. The summed E-state index contributed by atoms with van der Waals surface area (Å²) in [5.74, 6) is 0.867. The summed E-state index contributed by atoms with van der Waals surface area (Å²) in [6.45, 7) is 4.43. The van der Waals surface area contributed by atoms with Crippen LogP contribution in [0.4, 0.5) is 0 Å². The number of carbonyl (C=O) groups is 1. The van der Waals surface area contributed by atoms with E-state index in [4.69, 9.17) is 16.3 Å². The van der Waals surface area contributed by atoms with E-state index in [0.717, 1.165) is 30.9 Å². The average Bonchev–Trinajstić information content (AvgIpc) is 2.80. The van der Waals surface area contributed by atoms with Gasteiger partial charge in [0.15, 0.2) is 6.10 Å². The van der Waals surface area contributed by atoms with Crippen LogP contribution in [0.1, 0.15) is 12.5 Å². The Morgan fingerprint density at radius 2 is 2.37 bits per heavy atom. The molecule has 4 nitrogen and oxygen atoms in total. The third-order valence-electron chi connectivity index (χ3n) is 3.65. The summed E-state index contributed by atoms with van der Waals surface area (Å²) in [5.41, 5.74) is 1.02. The number of nitrogens with zero attached hydrogens (tertiary/aromatic N) is 1. The number of benzene rings is 1. The lowest BCUT2D eigenvalue weighted by molar-refractivity contribution is -0.139. The van der Waals surface area contributed by atoms with Gasteiger partial charge in [-0.1, -0.05) is 11.6 Å². The first-order valence-electron chi connectivity index (χ1n) is 6.61. The van der Waals surface area contributed by atoms with Gasteiger partial charge < -0.3 is 15.0 Å². The van der Waals surface area contributed by atoms with Crippen molar-refractivity contribution in [2.75, 3.05) is 19.6 Å². The van der Waals surface area contributed by atoms with Crippen molar-refractivity contribution in [2.45, 2.75) is 25.5 Å². The third-order valence-corrected chi connectivity index (χ3v) is 3.89. The van der Waals surface area contributed by atoms with Crippen molar-refractivity contribution >= 4 is 17.5 Å². The van der Waals surface area contributed by atoms with Crippen molar-refractivity contribution < 1.29 is 9.53 Å².